The molecule has 0 spiro atoms. The highest BCUT2D eigenvalue weighted by atomic mass is 32.1. The fourth-order valence-electron chi connectivity index (χ4n) is 1.14. The minimum absolute atomic E-state index is 0.387. The predicted molar refractivity (Wildman–Crippen MR) is 54.7 cm³/mol. The Kier molecular flexibility index (Phi) is 4.35. The summed E-state index contributed by atoms with van der Waals surface area (Å²) in [6.45, 7) is 2.67. The SMILES string of the molecule is CCCC(O)c1nc(CCN)cs1. The van der Waals surface area contributed by atoms with E-state index >= 15 is 0 Å². The largest absolute Gasteiger partial charge is 0.386 e. The van der Waals surface area contributed by atoms with Gasteiger partial charge in [0, 0.05) is 11.8 Å². The van der Waals surface area contributed by atoms with Crippen molar-refractivity contribution in [3.63, 3.8) is 0 Å². The van der Waals surface area contributed by atoms with Gasteiger partial charge in [0.2, 0.25) is 0 Å². The maximum Gasteiger partial charge on any atom is 0.121 e. The van der Waals surface area contributed by atoms with Crippen molar-refractivity contribution in [2.24, 2.45) is 5.73 Å². The number of aliphatic hydroxyl groups excluding tert-OH is 1. The van der Waals surface area contributed by atoms with Crippen LogP contribution in [-0.2, 0) is 6.42 Å². The lowest BCUT2D eigenvalue weighted by molar-refractivity contribution is 0.166. The van der Waals surface area contributed by atoms with Gasteiger partial charge in [0.1, 0.15) is 11.1 Å². The Labute approximate surface area is 82.6 Å². The molecule has 1 aromatic heterocycles. The summed E-state index contributed by atoms with van der Waals surface area (Å²) in [6, 6.07) is 0. The van der Waals surface area contributed by atoms with E-state index in [1.165, 1.54) is 11.3 Å². The smallest absolute Gasteiger partial charge is 0.121 e. The predicted octanol–water partition coefficient (Wildman–Crippen LogP) is 1.48. The molecule has 74 valence electrons. The molecular formula is C9H16N2OS. The van der Waals surface area contributed by atoms with Crippen molar-refractivity contribution in [2.75, 3.05) is 6.54 Å². The normalized spacial score (nSPS) is 13.2. The van der Waals surface area contributed by atoms with E-state index in [-0.39, 0.29) is 6.10 Å². The second-order valence-corrected chi connectivity index (χ2v) is 3.91. The maximum atomic E-state index is 9.62. The molecule has 1 atom stereocenters. The summed E-state index contributed by atoms with van der Waals surface area (Å²) in [7, 11) is 0. The molecule has 0 saturated heterocycles. The molecule has 1 aromatic rings. The van der Waals surface area contributed by atoms with E-state index in [9.17, 15) is 5.11 Å². The Balaban J connectivity index is 2.56. The molecule has 13 heavy (non-hydrogen) atoms. The topological polar surface area (TPSA) is 59.1 Å². The van der Waals surface area contributed by atoms with E-state index in [4.69, 9.17) is 5.73 Å². The van der Waals surface area contributed by atoms with Gasteiger partial charge >= 0.3 is 0 Å². The van der Waals surface area contributed by atoms with Crippen molar-refractivity contribution >= 4 is 11.3 Å². The van der Waals surface area contributed by atoms with Gasteiger partial charge in [0.05, 0.1) is 5.69 Å². The molecule has 0 radical (unpaired) electrons. The zero-order valence-corrected chi connectivity index (χ0v) is 8.68. The van der Waals surface area contributed by atoms with Crippen LogP contribution >= 0.6 is 11.3 Å². The molecule has 0 bridgehead atoms. The zero-order chi connectivity index (χ0) is 9.68. The molecule has 0 aliphatic rings. The van der Waals surface area contributed by atoms with Gasteiger partial charge in [-0.25, -0.2) is 4.98 Å². The van der Waals surface area contributed by atoms with E-state index in [0.29, 0.717) is 6.54 Å². The minimum atomic E-state index is -0.387. The average molecular weight is 200 g/mol. The third-order valence-corrected chi connectivity index (χ3v) is 2.81. The van der Waals surface area contributed by atoms with Crippen LogP contribution < -0.4 is 5.73 Å². The Morgan fingerprint density at radius 2 is 2.46 bits per heavy atom. The van der Waals surface area contributed by atoms with Crippen LogP contribution in [0.4, 0.5) is 0 Å². The lowest BCUT2D eigenvalue weighted by atomic mass is 10.2. The molecule has 0 fully saturated rings. The highest BCUT2D eigenvalue weighted by Gasteiger charge is 2.10. The van der Waals surface area contributed by atoms with Crippen LogP contribution in [0.1, 0.15) is 36.6 Å². The van der Waals surface area contributed by atoms with Crippen LogP contribution in [-0.4, -0.2) is 16.6 Å². The van der Waals surface area contributed by atoms with Crippen molar-refractivity contribution in [2.45, 2.75) is 32.3 Å². The summed E-state index contributed by atoms with van der Waals surface area (Å²) < 4.78 is 0. The van der Waals surface area contributed by atoms with E-state index in [1.807, 2.05) is 5.38 Å². The van der Waals surface area contributed by atoms with Crippen molar-refractivity contribution in [1.82, 2.24) is 4.98 Å². The van der Waals surface area contributed by atoms with Gasteiger partial charge < -0.3 is 10.8 Å². The van der Waals surface area contributed by atoms with E-state index in [0.717, 1.165) is 30.0 Å². The van der Waals surface area contributed by atoms with Crippen molar-refractivity contribution in [3.8, 4) is 0 Å². The van der Waals surface area contributed by atoms with Gasteiger partial charge in [0.15, 0.2) is 0 Å². The molecule has 0 aliphatic carbocycles. The second kappa shape index (κ2) is 5.32. The summed E-state index contributed by atoms with van der Waals surface area (Å²) >= 11 is 1.52. The number of hydrogen-bond donors (Lipinski definition) is 2. The lowest BCUT2D eigenvalue weighted by Gasteiger charge is -2.03. The molecule has 0 amide bonds. The quantitative estimate of drug-likeness (QED) is 0.757. The van der Waals surface area contributed by atoms with Crippen molar-refractivity contribution in [1.29, 1.82) is 0 Å². The fourth-order valence-corrected chi connectivity index (χ4v) is 2.01. The number of nitrogens with zero attached hydrogens (tertiary/aromatic N) is 1. The van der Waals surface area contributed by atoms with Gasteiger partial charge in [-0.05, 0) is 13.0 Å². The molecular weight excluding hydrogens is 184 g/mol. The second-order valence-electron chi connectivity index (χ2n) is 3.02. The summed E-state index contributed by atoms with van der Waals surface area (Å²) in [4.78, 5) is 4.31. The number of nitrogens with two attached hydrogens (primary N) is 1. The first kappa shape index (κ1) is 10.6. The van der Waals surface area contributed by atoms with Gasteiger partial charge in [-0.2, -0.15) is 0 Å². The molecule has 3 N–H and O–H groups in total. The van der Waals surface area contributed by atoms with Crippen molar-refractivity contribution in [3.05, 3.63) is 16.1 Å². The summed E-state index contributed by atoms with van der Waals surface area (Å²) in [5.41, 5.74) is 6.40. The van der Waals surface area contributed by atoms with Crippen LogP contribution in [0.5, 0.6) is 0 Å². The van der Waals surface area contributed by atoms with Crippen LogP contribution in [0.15, 0.2) is 5.38 Å². The summed E-state index contributed by atoms with van der Waals surface area (Å²) in [5.74, 6) is 0. The third-order valence-electron chi connectivity index (χ3n) is 1.82. The molecule has 0 aromatic carbocycles. The monoisotopic (exact) mass is 200 g/mol. The number of aromatic nitrogens is 1. The average Bonchev–Trinajstić information content (AvgIpc) is 2.54. The third kappa shape index (κ3) is 3.06. The molecule has 3 nitrogen and oxygen atoms in total. The molecule has 0 aliphatic heterocycles. The van der Waals surface area contributed by atoms with Crippen LogP contribution in [0.25, 0.3) is 0 Å². The van der Waals surface area contributed by atoms with Crippen molar-refractivity contribution < 1.29 is 5.11 Å². The molecule has 1 heterocycles. The van der Waals surface area contributed by atoms with E-state index in [1.54, 1.807) is 0 Å². The number of aliphatic hydroxyl groups is 1. The first-order chi connectivity index (χ1) is 6.27. The van der Waals surface area contributed by atoms with E-state index in [2.05, 4.69) is 11.9 Å². The number of rotatable bonds is 5. The Hall–Kier alpha value is -0.450. The lowest BCUT2D eigenvalue weighted by Crippen LogP contribution is -2.03. The summed E-state index contributed by atoms with van der Waals surface area (Å²) in [6.07, 6.45) is 2.18. The van der Waals surface area contributed by atoms with Gasteiger partial charge in [0.25, 0.3) is 0 Å². The minimum Gasteiger partial charge on any atom is -0.386 e. The molecule has 1 unspecified atom stereocenters. The molecule has 1 rings (SSSR count). The number of hydrogen-bond acceptors (Lipinski definition) is 4. The zero-order valence-electron chi connectivity index (χ0n) is 7.86. The highest BCUT2D eigenvalue weighted by molar-refractivity contribution is 7.09. The Morgan fingerprint density at radius 1 is 1.69 bits per heavy atom. The Morgan fingerprint density at radius 3 is 3.08 bits per heavy atom. The fraction of sp³-hybridized carbons (Fsp3) is 0.667. The maximum absolute atomic E-state index is 9.62. The van der Waals surface area contributed by atoms with Gasteiger partial charge in [-0.3, -0.25) is 0 Å². The molecule has 0 saturated carbocycles. The first-order valence-electron chi connectivity index (χ1n) is 4.60. The van der Waals surface area contributed by atoms with Crippen LogP contribution in [0.2, 0.25) is 0 Å². The standard InChI is InChI=1S/C9H16N2OS/c1-2-3-8(12)9-11-7(4-5-10)6-13-9/h6,8,12H,2-5,10H2,1H3. The Bertz CT molecular complexity index is 250. The molecule has 4 heteroatoms. The van der Waals surface area contributed by atoms with E-state index < -0.39 is 0 Å². The van der Waals surface area contributed by atoms with Crippen LogP contribution in [0.3, 0.4) is 0 Å². The van der Waals surface area contributed by atoms with Gasteiger partial charge in [-0.15, -0.1) is 11.3 Å². The van der Waals surface area contributed by atoms with Crippen LogP contribution in [0, 0.1) is 0 Å². The first-order valence-corrected chi connectivity index (χ1v) is 5.48. The van der Waals surface area contributed by atoms with Gasteiger partial charge in [-0.1, -0.05) is 13.3 Å². The highest BCUT2D eigenvalue weighted by Crippen LogP contribution is 2.21. The summed E-state index contributed by atoms with van der Waals surface area (Å²) in [5, 5.41) is 12.4. The number of thiazole rings is 1.